The predicted molar refractivity (Wildman–Crippen MR) is 245 cm³/mol. The van der Waals surface area contributed by atoms with E-state index in [0.717, 1.165) is 56.5 Å². The summed E-state index contributed by atoms with van der Waals surface area (Å²) in [6.45, 7) is 0. The highest BCUT2D eigenvalue weighted by molar-refractivity contribution is 6.11. The van der Waals surface area contributed by atoms with Crippen LogP contribution in [0.15, 0.2) is 223 Å². The summed E-state index contributed by atoms with van der Waals surface area (Å²) in [5.74, 6) is 0.325. The molecule has 0 saturated heterocycles. The van der Waals surface area contributed by atoms with Crippen LogP contribution in [0.5, 0.6) is 0 Å². The summed E-state index contributed by atoms with van der Waals surface area (Å²) in [5, 5.41) is 7.10. The summed E-state index contributed by atoms with van der Waals surface area (Å²) in [7, 11) is 0. The second-order valence-corrected chi connectivity index (χ2v) is 15.2. The Morgan fingerprint density at radius 3 is 1.98 bits per heavy atom. The van der Waals surface area contributed by atoms with Gasteiger partial charge in [0, 0.05) is 33.5 Å². The normalized spacial score (nSPS) is 13.8. The van der Waals surface area contributed by atoms with Gasteiger partial charge in [0.15, 0.2) is 0 Å². The molecular weight excluding hydrogens is 703 g/mol. The fraction of sp³-hybridized carbons (Fsp3) is 0.0357. The van der Waals surface area contributed by atoms with Gasteiger partial charge in [-0.2, -0.15) is 0 Å². The highest BCUT2D eigenvalue weighted by Gasteiger charge is 2.23. The molecule has 2 nitrogen and oxygen atoms in total. The van der Waals surface area contributed by atoms with Crippen molar-refractivity contribution in [3.05, 3.63) is 224 Å². The first-order valence-electron chi connectivity index (χ1n) is 20.1. The molecular formula is C56H39NO. The summed E-state index contributed by atoms with van der Waals surface area (Å²) < 4.78 is 6.46. The van der Waals surface area contributed by atoms with Crippen molar-refractivity contribution in [3.63, 3.8) is 0 Å². The van der Waals surface area contributed by atoms with Gasteiger partial charge in [0.1, 0.15) is 11.2 Å². The number of benzene rings is 9. The molecule has 0 N–H and O–H groups in total. The molecule has 11 rings (SSSR count). The Balaban J connectivity index is 1.14. The number of allylic oxidation sites excluding steroid dienone is 4. The highest BCUT2D eigenvalue weighted by Crippen LogP contribution is 2.47. The fourth-order valence-electron chi connectivity index (χ4n) is 8.90. The van der Waals surface area contributed by atoms with E-state index in [1.807, 2.05) is 0 Å². The number of fused-ring (bicyclic) bond motifs is 5. The van der Waals surface area contributed by atoms with Crippen molar-refractivity contribution in [1.82, 2.24) is 0 Å². The molecule has 0 amide bonds. The maximum atomic E-state index is 6.46. The lowest BCUT2D eigenvalue weighted by molar-refractivity contribution is 0.669. The van der Waals surface area contributed by atoms with Crippen molar-refractivity contribution < 1.29 is 4.42 Å². The molecule has 1 heterocycles. The van der Waals surface area contributed by atoms with Gasteiger partial charge in [-0.3, -0.25) is 0 Å². The smallest absolute Gasteiger partial charge is 0.136 e. The Hall–Kier alpha value is -7.42. The van der Waals surface area contributed by atoms with Crippen LogP contribution in [0.2, 0.25) is 0 Å². The lowest BCUT2D eigenvalue weighted by Gasteiger charge is -2.31. The van der Waals surface area contributed by atoms with Crippen molar-refractivity contribution in [2.24, 2.45) is 0 Å². The van der Waals surface area contributed by atoms with Gasteiger partial charge >= 0.3 is 0 Å². The minimum Gasteiger partial charge on any atom is -0.456 e. The molecule has 1 aliphatic carbocycles. The van der Waals surface area contributed by atoms with Gasteiger partial charge in [-0.05, 0) is 110 Å². The molecule has 0 fully saturated rings. The van der Waals surface area contributed by atoms with Gasteiger partial charge in [-0.25, -0.2) is 0 Å². The first kappa shape index (κ1) is 33.9. The SMILES string of the molecule is C1=CCC(c2ccc(N(c3cccc(-c4cccc5ccccc45)c3)c3ccccc3-c3ccc4oc5cc6ccccc6cc5c4c3)c(-c3ccccc3)c2)C=C1. The van der Waals surface area contributed by atoms with E-state index in [1.165, 1.54) is 49.4 Å². The molecule has 0 spiro atoms. The van der Waals surface area contributed by atoms with Crippen LogP contribution in [0.1, 0.15) is 17.9 Å². The number of hydrogen-bond acceptors (Lipinski definition) is 2. The molecule has 9 aromatic carbocycles. The molecule has 0 aliphatic heterocycles. The van der Waals surface area contributed by atoms with Gasteiger partial charge in [-0.1, -0.05) is 164 Å². The molecule has 1 aromatic heterocycles. The van der Waals surface area contributed by atoms with Crippen molar-refractivity contribution in [2.45, 2.75) is 12.3 Å². The quantitative estimate of drug-likeness (QED) is 0.162. The maximum Gasteiger partial charge on any atom is 0.136 e. The monoisotopic (exact) mass is 741 g/mol. The molecule has 10 aromatic rings. The lowest BCUT2D eigenvalue weighted by Crippen LogP contribution is -2.13. The predicted octanol–water partition coefficient (Wildman–Crippen LogP) is 16.0. The minimum absolute atomic E-state index is 0.325. The maximum absolute atomic E-state index is 6.46. The van der Waals surface area contributed by atoms with Crippen LogP contribution in [0.4, 0.5) is 17.1 Å². The Morgan fingerprint density at radius 2 is 1.10 bits per heavy atom. The number of anilines is 3. The van der Waals surface area contributed by atoms with Gasteiger partial charge in [-0.15, -0.1) is 0 Å². The van der Waals surface area contributed by atoms with Gasteiger partial charge < -0.3 is 9.32 Å². The summed E-state index contributed by atoms with van der Waals surface area (Å²) in [5.41, 5.74) is 13.4. The van der Waals surface area contributed by atoms with Crippen LogP contribution in [0, 0.1) is 0 Å². The topological polar surface area (TPSA) is 16.4 Å². The third-order valence-electron chi connectivity index (χ3n) is 11.8. The molecule has 1 aliphatic rings. The minimum atomic E-state index is 0.325. The van der Waals surface area contributed by atoms with Crippen LogP contribution in [-0.2, 0) is 0 Å². The Morgan fingerprint density at radius 1 is 0.414 bits per heavy atom. The highest BCUT2D eigenvalue weighted by atomic mass is 16.3. The molecule has 0 bridgehead atoms. The number of hydrogen-bond donors (Lipinski definition) is 0. The van der Waals surface area contributed by atoms with Gasteiger partial charge in [0.25, 0.3) is 0 Å². The second kappa shape index (κ2) is 14.3. The third kappa shape index (κ3) is 5.98. The largest absolute Gasteiger partial charge is 0.456 e. The third-order valence-corrected chi connectivity index (χ3v) is 11.8. The van der Waals surface area contributed by atoms with E-state index < -0.39 is 0 Å². The Bertz CT molecular complexity index is 3220. The second-order valence-electron chi connectivity index (χ2n) is 15.2. The van der Waals surface area contributed by atoms with E-state index >= 15 is 0 Å². The van der Waals surface area contributed by atoms with E-state index in [9.17, 15) is 0 Å². The van der Waals surface area contributed by atoms with Gasteiger partial charge in [0.05, 0.1) is 11.4 Å². The zero-order valence-corrected chi connectivity index (χ0v) is 31.9. The van der Waals surface area contributed by atoms with Gasteiger partial charge in [0.2, 0.25) is 0 Å². The number of furan rings is 1. The van der Waals surface area contributed by atoms with Crippen LogP contribution < -0.4 is 4.90 Å². The van der Waals surface area contributed by atoms with Crippen LogP contribution in [0.25, 0.3) is 76.9 Å². The van der Waals surface area contributed by atoms with Crippen LogP contribution in [0.3, 0.4) is 0 Å². The number of rotatable bonds is 7. The number of nitrogens with zero attached hydrogens (tertiary/aromatic N) is 1. The zero-order valence-electron chi connectivity index (χ0n) is 31.9. The number of para-hydroxylation sites is 1. The Labute approximate surface area is 338 Å². The van der Waals surface area contributed by atoms with Crippen molar-refractivity contribution >= 4 is 60.5 Å². The standard InChI is InChI=1S/C56H39NO/c1-3-15-38(16-4-1)43-29-31-54(50(34-43)40-17-5-2-6-18-40)57(46-24-13-23-44(33-46)48-27-14-22-39-19-9-10-25-47(39)48)53-28-12-11-26-49(53)45-30-32-55-51(36-45)52-35-41-20-7-8-21-42(41)37-56(52)58-55/h1-15,17-38H,16H2. The van der Waals surface area contributed by atoms with Crippen LogP contribution in [-0.4, -0.2) is 0 Å². The molecule has 274 valence electrons. The summed E-state index contributed by atoms with van der Waals surface area (Å²) in [6, 6.07) is 70.6. The van der Waals surface area contributed by atoms with E-state index in [4.69, 9.17) is 4.42 Å². The molecule has 2 heteroatoms. The Kier molecular flexibility index (Phi) is 8.33. The van der Waals surface area contributed by atoms with Crippen molar-refractivity contribution in [1.29, 1.82) is 0 Å². The summed E-state index contributed by atoms with van der Waals surface area (Å²) in [4.78, 5) is 2.47. The first-order chi connectivity index (χ1) is 28.7. The van der Waals surface area contributed by atoms with E-state index in [-0.39, 0.29) is 0 Å². The van der Waals surface area contributed by atoms with E-state index in [0.29, 0.717) is 5.92 Å². The molecule has 0 radical (unpaired) electrons. The fourth-order valence-corrected chi connectivity index (χ4v) is 8.90. The van der Waals surface area contributed by atoms with Crippen LogP contribution >= 0.6 is 0 Å². The summed E-state index contributed by atoms with van der Waals surface area (Å²) in [6.07, 6.45) is 9.91. The average molecular weight is 742 g/mol. The first-order valence-corrected chi connectivity index (χ1v) is 20.1. The average Bonchev–Trinajstić information content (AvgIpc) is 3.65. The van der Waals surface area contributed by atoms with Crippen molar-refractivity contribution in [3.8, 4) is 33.4 Å². The molecule has 1 unspecified atom stereocenters. The summed E-state index contributed by atoms with van der Waals surface area (Å²) >= 11 is 0. The van der Waals surface area contributed by atoms with E-state index in [2.05, 4.69) is 223 Å². The molecule has 0 saturated carbocycles. The molecule has 58 heavy (non-hydrogen) atoms. The molecule has 1 atom stereocenters. The lowest BCUT2D eigenvalue weighted by atomic mass is 9.89. The van der Waals surface area contributed by atoms with Crippen molar-refractivity contribution in [2.75, 3.05) is 4.90 Å². The zero-order chi connectivity index (χ0) is 38.4. The van der Waals surface area contributed by atoms with E-state index in [1.54, 1.807) is 0 Å².